The van der Waals surface area contributed by atoms with E-state index in [0.29, 0.717) is 12.2 Å². The Kier molecular flexibility index (Phi) is 3.91. The van der Waals surface area contributed by atoms with E-state index in [-0.39, 0.29) is 6.10 Å². The fraction of sp³-hybridized carbons (Fsp3) is 0.294. The zero-order valence-corrected chi connectivity index (χ0v) is 13.6. The smallest absolute Gasteiger partial charge is 0.129 e. The molecule has 1 aliphatic heterocycles. The van der Waals surface area contributed by atoms with E-state index >= 15 is 0 Å². The number of ether oxygens (including phenoxy) is 2. The minimum Gasteiger partial charge on any atom is -0.497 e. The maximum Gasteiger partial charge on any atom is 0.129 e. The second-order valence-electron chi connectivity index (χ2n) is 5.27. The van der Waals surface area contributed by atoms with Crippen LogP contribution in [0.15, 0.2) is 40.9 Å². The predicted molar refractivity (Wildman–Crippen MR) is 84.8 cm³/mol. The molecule has 1 aliphatic rings. The number of fused-ring (bicyclic) bond motifs is 1. The van der Waals surface area contributed by atoms with Crippen LogP contribution in [0.3, 0.4) is 0 Å². The van der Waals surface area contributed by atoms with Crippen LogP contribution in [0.4, 0.5) is 0 Å². The second kappa shape index (κ2) is 5.70. The zero-order chi connectivity index (χ0) is 15.0. The lowest BCUT2D eigenvalue weighted by atomic mass is 9.94. The van der Waals surface area contributed by atoms with Crippen LogP contribution >= 0.6 is 15.9 Å². The number of hydrogen-bond donors (Lipinski definition) is 1. The molecule has 0 spiro atoms. The Labute approximate surface area is 132 Å². The van der Waals surface area contributed by atoms with E-state index in [2.05, 4.69) is 22.0 Å². The molecule has 0 saturated heterocycles. The van der Waals surface area contributed by atoms with E-state index in [0.717, 1.165) is 26.9 Å². The van der Waals surface area contributed by atoms with Gasteiger partial charge in [0.15, 0.2) is 0 Å². The van der Waals surface area contributed by atoms with Gasteiger partial charge >= 0.3 is 0 Å². The molecular weight excluding hydrogens is 332 g/mol. The summed E-state index contributed by atoms with van der Waals surface area (Å²) in [6, 6.07) is 11.7. The molecule has 1 unspecified atom stereocenters. The van der Waals surface area contributed by atoms with E-state index in [1.165, 1.54) is 0 Å². The molecule has 0 radical (unpaired) electrons. The first kappa shape index (κ1) is 14.4. The Balaban J connectivity index is 1.94. The number of halogens is 1. The highest BCUT2D eigenvalue weighted by Crippen LogP contribution is 2.42. The van der Waals surface area contributed by atoms with Crippen molar-refractivity contribution in [3.63, 3.8) is 0 Å². The largest absolute Gasteiger partial charge is 0.497 e. The normalized spacial score (nSPS) is 20.6. The van der Waals surface area contributed by atoms with Crippen molar-refractivity contribution in [2.24, 2.45) is 0 Å². The molecule has 0 fully saturated rings. The fourth-order valence-electron chi connectivity index (χ4n) is 2.62. The monoisotopic (exact) mass is 348 g/mol. The summed E-state index contributed by atoms with van der Waals surface area (Å²) in [5, 5.41) is 10.4. The minimum atomic E-state index is -0.520. The molecule has 2 aromatic carbocycles. The first-order chi connectivity index (χ1) is 10.1. The molecule has 3 nitrogen and oxygen atoms in total. The van der Waals surface area contributed by atoms with Crippen molar-refractivity contribution in [2.75, 3.05) is 7.11 Å². The third kappa shape index (κ3) is 2.78. The number of hydrogen-bond acceptors (Lipinski definition) is 3. The number of benzene rings is 2. The number of rotatable bonds is 2. The summed E-state index contributed by atoms with van der Waals surface area (Å²) in [5.41, 5.74) is 3.05. The molecule has 0 aliphatic carbocycles. The average molecular weight is 349 g/mol. The van der Waals surface area contributed by atoms with Gasteiger partial charge in [0.05, 0.1) is 13.2 Å². The van der Waals surface area contributed by atoms with Crippen LogP contribution in [0.2, 0.25) is 0 Å². The second-order valence-corrected chi connectivity index (χ2v) is 6.12. The Morgan fingerprint density at radius 1 is 1.24 bits per heavy atom. The van der Waals surface area contributed by atoms with Crippen molar-refractivity contribution in [3.05, 3.63) is 57.6 Å². The zero-order valence-electron chi connectivity index (χ0n) is 12.0. The van der Waals surface area contributed by atoms with Crippen LogP contribution in [0, 0.1) is 6.92 Å². The maximum atomic E-state index is 10.4. The number of aliphatic hydroxyl groups excluding tert-OH is 1. The summed E-state index contributed by atoms with van der Waals surface area (Å²) < 4.78 is 12.4. The first-order valence-corrected chi connectivity index (χ1v) is 7.66. The Hall–Kier alpha value is -1.52. The van der Waals surface area contributed by atoms with E-state index in [9.17, 15) is 5.11 Å². The highest BCUT2D eigenvalue weighted by Gasteiger charge is 2.28. The van der Waals surface area contributed by atoms with Gasteiger partial charge in [-0.3, -0.25) is 0 Å². The van der Waals surface area contributed by atoms with Crippen molar-refractivity contribution in [3.8, 4) is 11.5 Å². The van der Waals surface area contributed by atoms with E-state index < -0.39 is 6.10 Å². The average Bonchev–Trinajstić information content (AvgIpc) is 2.49. The summed E-state index contributed by atoms with van der Waals surface area (Å²) >= 11 is 3.50. The van der Waals surface area contributed by atoms with Crippen molar-refractivity contribution >= 4 is 15.9 Å². The van der Waals surface area contributed by atoms with E-state index in [4.69, 9.17) is 9.47 Å². The number of aryl methyl sites for hydroxylation is 1. The first-order valence-electron chi connectivity index (χ1n) is 6.87. The van der Waals surface area contributed by atoms with Gasteiger partial charge in [-0.15, -0.1) is 0 Å². The van der Waals surface area contributed by atoms with Crippen LogP contribution in [0.1, 0.15) is 35.3 Å². The van der Waals surface area contributed by atoms with Gasteiger partial charge in [0.25, 0.3) is 0 Å². The molecule has 0 saturated carbocycles. The van der Waals surface area contributed by atoms with Gasteiger partial charge in [0.2, 0.25) is 0 Å². The Morgan fingerprint density at radius 2 is 2.05 bits per heavy atom. The summed E-state index contributed by atoms with van der Waals surface area (Å²) in [5.74, 6) is 1.42. The van der Waals surface area contributed by atoms with Crippen molar-refractivity contribution in [1.29, 1.82) is 0 Å². The molecule has 1 heterocycles. The summed E-state index contributed by atoms with van der Waals surface area (Å²) in [4.78, 5) is 0. The van der Waals surface area contributed by atoms with Crippen LogP contribution < -0.4 is 9.47 Å². The van der Waals surface area contributed by atoms with Crippen LogP contribution in [0.25, 0.3) is 0 Å². The molecule has 2 atom stereocenters. The van der Waals surface area contributed by atoms with Crippen molar-refractivity contribution in [1.82, 2.24) is 0 Å². The summed E-state index contributed by atoms with van der Waals surface area (Å²) in [7, 11) is 1.62. The van der Waals surface area contributed by atoms with Crippen molar-refractivity contribution < 1.29 is 14.6 Å². The van der Waals surface area contributed by atoms with E-state index in [1.54, 1.807) is 7.11 Å². The third-order valence-corrected chi connectivity index (χ3v) is 4.73. The molecule has 4 heteroatoms. The number of aliphatic hydroxyl groups is 1. The Morgan fingerprint density at radius 3 is 2.76 bits per heavy atom. The van der Waals surface area contributed by atoms with Gasteiger partial charge in [0.1, 0.15) is 17.6 Å². The lowest BCUT2D eigenvalue weighted by Crippen LogP contribution is -2.19. The molecule has 0 amide bonds. The van der Waals surface area contributed by atoms with Crippen LogP contribution in [0.5, 0.6) is 11.5 Å². The fourth-order valence-corrected chi connectivity index (χ4v) is 2.87. The molecule has 1 N–H and O–H groups in total. The topological polar surface area (TPSA) is 38.7 Å². The molecular formula is C17H17BrO3. The van der Waals surface area contributed by atoms with Crippen LogP contribution in [-0.2, 0) is 0 Å². The number of methoxy groups -OCH3 is 1. The lowest BCUT2D eigenvalue weighted by molar-refractivity contribution is 0.0654. The highest BCUT2D eigenvalue weighted by atomic mass is 79.9. The van der Waals surface area contributed by atoms with Gasteiger partial charge in [-0.2, -0.15) is 0 Å². The standard InChI is InChI=1S/C17H17BrO3/c1-10-7-11(3-6-14(10)18)16-9-15(19)13-5-4-12(20-2)8-17(13)21-16/h3-8,15-16,19H,9H2,1-2H3/t15-,16?/m0/s1. The van der Waals surface area contributed by atoms with Gasteiger partial charge in [-0.05, 0) is 36.2 Å². The predicted octanol–water partition coefficient (Wildman–Crippen LogP) is 4.32. The molecule has 0 aromatic heterocycles. The molecule has 21 heavy (non-hydrogen) atoms. The van der Waals surface area contributed by atoms with Gasteiger partial charge in [-0.1, -0.05) is 28.1 Å². The maximum absolute atomic E-state index is 10.4. The quantitative estimate of drug-likeness (QED) is 0.877. The highest BCUT2D eigenvalue weighted by molar-refractivity contribution is 9.10. The Bertz CT molecular complexity index is 669. The molecule has 110 valence electrons. The lowest BCUT2D eigenvalue weighted by Gasteiger charge is -2.30. The third-order valence-electron chi connectivity index (χ3n) is 3.84. The van der Waals surface area contributed by atoms with Crippen molar-refractivity contribution in [2.45, 2.75) is 25.6 Å². The van der Waals surface area contributed by atoms with Gasteiger partial charge in [0, 0.05) is 22.5 Å². The SMILES string of the molecule is COc1ccc2c(c1)OC(c1ccc(Br)c(C)c1)C[C@@H]2O. The molecule has 2 aromatic rings. The minimum absolute atomic E-state index is 0.147. The van der Waals surface area contributed by atoms with Crippen LogP contribution in [-0.4, -0.2) is 12.2 Å². The molecule has 3 rings (SSSR count). The summed E-state index contributed by atoms with van der Waals surface area (Å²) in [6.45, 7) is 2.05. The van der Waals surface area contributed by atoms with E-state index in [1.807, 2.05) is 37.3 Å². The molecule has 0 bridgehead atoms. The summed E-state index contributed by atoms with van der Waals surface area (Å²) in [6.07, 6.45) is -0.111. The van der Waals surface area contributed by atoms with Gasteiger partial charge in [-0.25, -0.2) is 0 Å². The van der Waals surface area contributed by atoms with Gasteiger partial charge < -0.3 is 14.6 Å².